The van der Waals surface area contributed by atoms with E-state index in [4.69, 9.17) is 4.74 Å². The van der Waals surface area contributed by atoms with Crippen molar-refractivity contribution in [1.29, 1.82) is 0 Å². The van der Waals surface area contributed by atoms with Crippen molar-refractivity contribution in [3.8, 4) is 0 Å². The van der Waals surface area contributed by atoms with Gasteiger partial charge in [-0.1, -0.05) is 6.92 Å². The largest absolute Gasteiger partial charge is 0.448 e. The molecule has 1 N–H and O–H groups in total. The zero-order valence-corrected chi connectivity index (χ0v) is 16.7. The number of hydrogen-bond donors (Lipinski definition) is 1. The SMILES string of the molecule is C[C@@H]1C[C@H](NCCN2CCOC2=O)CN(c2ccc(C(F)(F)F)c3nccnc23)C1. The fourth-order valence-electron chi connectivity index (χ4n) is 4.26. The summed E-state index contributed by atoms with van der Waals surface area (Å²) >= 11 is 0. The van der Waals surface area contributed by atoms with Gasteiger partial charge in [0.05, 0.1) is 17.8 Å². The average molecular weight is 423 g/mol. The average Bonchev–Trinajstić information content (AvgIpc) is 3.11. The molecule has 1 aromatic heterocycles. The summed E-state index contributed by atoms with van der Waals surface area (Å²) in [6.07, 6.45) is -1.11. The first-order valence-electron chi connectivity index (χ1n) is 10.0. The lowest BCUT2D eigenvalue weighted by Gasteiger charge is -2.39. The van der Waals surface area contributed by atoms with Crippen LogP contribution in [0.15, 0.2) is 24.5 Å². The number of carbonyl (C=O) groups excluding carboxylic acids is 1. The summed E-state index contributed by atoms with van der Waals surface area (Å²) in [6.45, 7) is 5.72. The second kappa shape index (κ2) is 8.25. The van der Waals surface area contributed by atoms with E-state index in [2.05, 4.69) is 27.1 Å². The minimum atomic E-state index is -4.48. The molecule has 2 aromatic rings. The van der Waals surface area contributed by atoms with Gasteiger partial charge < -0.3 is 19.9 Å². The van der Waals surface area contributed by atoms with Crippen LogP contribution in [0.4, 0.5) is 23.7 Å². The summed E-state index contributed by atoms with van der Waals surface area (Å²) in [6, 6.07) is 2.74. The van der Waals surface area contributed by atoms with Crippen molar-refractivity contribution in [1.82, 2.24) is 20.2 Å². The fourth-order valence-corrected chi connectivity index (χ4v) is 4.26. The number of alkyl halides is 3. The first-order chi connectivity index (χ1) is 14.3. The smallest absolute Gasteiger partial charge is 0.418 e. The summed E-state index contributed by atoms with van der Waals surface area (Å²) in [5.41, 5.74) is 0.0249. The van der Waals surface area contributed by atoms with Crippen molar-refractivity contribution >= 4 is 22.8 Å². The number of nitrogens with one attached hydrogen (secondary N) is 1. The Morgan fingerprint density at radius 1 is 1.20 bits per heavy atom. The van der Waals surface area contributed by atoms with E-state index in [-0.39, 0.29) is 23.2 Å². The molecule has 0 aliphatic carbocycles. The molecule has 0 radical (unpaired) electrons. The standard InChI is InChI=1S/C20H24F3N5O2/c1-13-10-14(24-6-7-27-8-9-30-19(27)29)12-28(11-13)16-3-2-15(20(21,22)23)17-18(16)26-5-4-25-17/h2-5,13-14,24H,6-12H2,1H3/t13-,14+/m1/s1. The van der Waals surface area contributed by atoms with Gasteiger partial charge in [0.1, 0.15) is 17.6 Å². The van der Waals surface area contributed by atoms with E-state index < -0.39 is 11.7 Å². The highest BCUT2D eigenvalue weighted by atomic mass is 19.4. The summed E-state index contributed by atoms with van der Waals surface area (Å²) in [5, 5.41) is 3.48. The van der Waals surface area contributed by atoms with E-state index >= 15 is 0 Å². The first kappa shape index (κ1) is 20.6. The molecule has 162 valence electrons. The van der Waals surface area contributed by atoms with Crippen LogP contribution >= 0.6 is 0 Å². The molecular formula is C20H24F3N5O2. The lowest BCUT2D eigenvalue weighted by Crippen LogP contribution is -2.50. The van der Waals surface area contributed by atoms with E-state index in [0.717, 1.165) is 19.0 Å². The number of carbonyl (C=O) groups is 1. The third-order valence-electron chi connectivity index (χ3n) is 5.57. The molecule has 1 amide bonds. The number of fused-ring (bicyclic) bond motifs is 1. The Morgan fingerprint density at radius 3 is 2.67 bits per heavy atom. The number of benzene rings is 1. The summed E-state index contributed by atoms with van der Waals surface area (Å²) in [4.78, 5) is 23.5. The number of rotatable bonds is 5. The van der Waals surface area contributed by atoms with Gasteiger partial charge in [-0.05, 0) is 24.5 Å². The van der Waals surface area contributed by atoms with Crippen LogP contribution in [0.5, 0.6) is 0 Å². The highest BCUT2D eigenvalue weighted by Crippen LogP contribution is 2.37. The molecule has 2 aliphatic heterocycles. The number of anilines is 1. The van der Waals surface area contributed by atoms with Crippen LogP contribution in [-0.2, 0) is 10.9 Å². The van der Waals surface area contributed by atoms with E-state index in [9.17, 15) is 18.0 Å². The number of nitrogens with zero attached hydrogens (tertiary/aromatic N) is 4. The van der Waals surface area contributed by atoms with Gasteiger partial charge in [0, 0.05) is 44.6 Å². The molecule has 7 nitrogen and oxygen atoms in total. The Hall–Kier alpha value is -2.62. The van der Waals surface area contributed by atoms with Crippen molar-refractivity contribution in [2.45, 2.75) is 25.6 Å². The Kier molecular flexibility index (Phi) is 5.68. The second-order valence-corrected chi connectivity index (χ2v) is 7.88. The number of piperidine rings is 1. The van der Waals surface area contributed by atoms with Gasteiger partial charge in [0.25, 0.3) is 0 Å². The molecule has 2 atom stereocenters. The normalized spacial score (nSPS) is 22.6. The predicted molar refractivity (Wildman–Crippen MR) is 105 cm³/mol. The zero-order chi connectivity index (χ0) is 21.3. The van der Waals surface area contributed by atoms with Crippen LogP contribution in [-0.4, -0.2) is 66.3 Å². The number of halogens is 3. The number of aromatic nitrogens is 2. The van der Waals surface area contributed by atoms with E-state index in [1.54, 1.807) is 4.90 Å². The molecule has 4 rings (SSSR count). The van der Waals surface area contributed by atoms with Crippen LogP contribution in [0.2, 0.25) is 0 Å². The second-order valence-electron chi connectivity index (χ2n) is 7.88. The molecule has 0 spiro atoms. The molecule has 0 bridgehead atoms. The van der Waals surface area contributed by atoms with E-state index in [1.165, 1.54) is 18.5 Å². The molecule has 0 saturated carbocycles. The van der Waals surface area contributed by atoms with Crippen molar-refractivity contribution in [2.75, 3.05) is 44.2 Å². The maximum atomic E-state index is 13.4. The molecule has 1 aromatic carbocycles. The highest BCUT2D eigenvalue weighted by molar-refractivity contribution is 5.90. The summed E-state index contributed by atoms with van der Waals surface area (Å²) in [7, 11) is 0. The van der Waals surface area contributed by atoms with Gasteiger partial charge in [-0.15, -0.1) is 0 Å². The van der Waals surface area contributed by atoms with Crippen molar-refractivity contribution < 1.29 is 22.7 Å². The van der Waals surface area contributed by atoms with Crippen LogP contribution in [0, 0.1) is 5.92 Å². The van der Waals surface area contributed by atoms with Gasteiger partial charge >= 0.3 is 12.3 Å². The van der Waals surface area contributed by atoms with E-state index in [0.29, 0.717) is 44.4 Å². The zero-order valence-electron chi connectivity index (χ0n) is 16.7. The van der Waals surface area contributed by atoms with Gasteiger partial charge in [-0.2, -0.15) is 13.2 Å². The molecule has 10 heteroatoms. The maximum Gasteiger partial charge on any atom is 0.418 e. The topological polar surface area (TPSA) is 70.6 Å². The van der Waals surface area contributed by atoms with Crippen LogP contribution < -0.4 is 10.2 Å². The minimum absolute atomic E-state index is 0.127. The molecule has 2 aliphatic rings. The molecule has 2 fully saturated rings. The highest BCUT2D eigenvalue weighted by Gasteiger charge is 2.35. The van der Waals surface area contributed by atoms with Gasteiger partial charge in [0.2, 0.25) is 0 Å². The number of cyclic esters (lactones) is 1. The minimum Gasteiger partial charge on any atom is -0.448 e. The van der Waals surface area contributed by atoms with Crippen LogP contribution in [0.25, 0.3) is 11.0 Å². The fraction of sp³-hybridized carbons (Fsp3) is 0.550. The van der Waals surface area contributed by atoms with Crippen LogP contribution in [0.3, 0.4) is 0 Å². The van der Waals surface area contributed by atoms with Gasteiger partial charge in [-0.25, -0.2) is 4.79 Å². The third-order valence-corrected chi connectivity index (χ3v) is 5.57. The Morgan fingerprint density at radius 2 is 1.97 bits per heavy atom. The molecule has 3 heterocycles. The summed E-state index contributed by atoms with van der Waals surface area (Å²) in [5.74, 6) is 0.349. The number of hydrogen-bond acceptors (Lipinski definition) is 6. The third kappa shape index (κ3) is 4.28. The molecule has 30 heavy (non-hydrogen) atoms. The van der Waals surface area contributed by atoms with Crippen molar-refractivity contribution in [3.63, 3.8) is 0 Å². The molecule has 0 unspecified atom stereocenters. The lowest BCUT2D eigenvalue weighted by molar-refractivity contribution is -0.136. The number of ether oxygens (including phenoxy) is 1. The predicted octanol–water partition coefficient (Wildman–Crippen LogP) is 2.91. The van der Waals surface area contributed by atoms with Crippen LogP contribution in [0.1, 0.15) is 18.9 Å². The van der Waals surface area contributed by atoms with Crippen molar-refractivity contribution in [2.24, 2.45) is 5.92 Å². The lowest BCUT2D eigenvalue weighted by atomic mass is 9.95. The van der Waals surface area contributed by atoms with Gasteiger partial charge in [0.15, 0.2) is 0 Å². The number of amides is 1. The van der Waals surface area contributed by atoms with Crippen molar-refractivity contribution in [3.05, 3.63) is 30.1 Å². The summed E-state index contributed by atoms with van der Waals surface area (Å²) < 4.78 is 45.1. The molecule has 2 saturated heterocycles. The first-order valence-corrected chi connectivity index (χ1v) is 10.0. The molecular weight excluding hydrogens is 399 g/mol. The Labute approximate surface area is 172 Å². The Balaban J connectivity index is 1.50. The van der Waals surface area contributed by atoms with E-state index in [1.807, 2.05) is 0 Å². The van der Waals surface area contributed by atoms with Gasteiger partial charge in [-0.3, -0.25) is 9.97 Å². The monoisotopic (exact) mass is 423 g/mol. The maximum absolute atomic E-state index is 13.4. The Bertz CT molecular complexity index is 923. The quantitative estimate of drug-likeness (QED) is 0.798.